The molecule has 16 heteroatoms. The van der Waals surface area contributed by atoms with Crippen LogP contribution >= 0.6 is 0 Å². The third-order valence-corrected chi connectivity index (χ3v) is 7.85. The number of halogens is 2. The Balaban J connectivity index is 1.55. The van der Waals surface area contributed by atoms with Gasteiger partial charge in [0, 0.05) is 24.8 Å². The van der Waals surface area contributed by atoms with E-state index in [9.17, 15) is 31.6 Å². The SMILES string of the molecule is CC(C)(NC(=O)[C@H](CS(=O)(=O)Cc1ccccc1OC(F)F)NC(=O)N1CCOCC1)C(=O)c1nc2ncccc2o1. The lowest BCUT2D eigenvalue weighted by Crippen LogP contribution is -2.60. The highest BCUT2D eigenvalue weighted by Crippen LogP contribution is 2.23. The average Bonchev–Trinajstić information content (AvgIpc) is 3.37. The molecule has 3 aromatic rings. The Kier molecular flexibility index (Phi) is 9.36. The van der Waals surface area contributed by atoms with E-state index < -0.39 is 57.3 Å². The standard InChI is InChI=1S/C26H29F2N5O8S/c1-26(2,20(34)23-31-21-19(40-23)8-5-9-29-21)32-22(35)17(30-25(36)33-10-12-39-13-11-33)15-42(37,38)14-16-6-3-4-7-18(16)41-24(27)28/h3-9,17,24H,10-15H2,1-2H3,(H,30,36)(H,32,35)/t17-/m0/s1. The Morgan fingerprint density at radius 1 is 1.12 bits per heavy atom. The monoisotopic (exact) mass is 609 g/mol. The second kappa shape index (κ2) is 12.8. The summed E-state index contributed by atoms with van der Waals surface area (Å²) in [5.74, 6) is -4.04. The molecule has 0 spiro atoms. The number of rotatable bonds is 11. The number of Topliss-reactive ketones (excluding diaryl/α,β-unsaturated/α-hetero) is 1. The largest absolute Gasteiger partial charge is 0.435 e. The van der Waals surface area contributed by atoms with Crippen molar-refractivity contribution in [1.82, 2.24) is 25.5 Å². The predicted molar refractivity (Wildman–Crippen MR) is 144 cm³/mol. The number of alkyl halides is 2. The summed E-state index contributed by atoms with van der Waals surface area (Å²) in [7, 11) is -4.23. The summed E-state index contributed by atoms with van der Waals surface area (Å²) in [6, 6.07) is 6.11. The van der Waals surface area contributed by atoms with E-state index in [1.54, 1.807) is 12.1 Å². The maximum absolute atomic E-state index is 13.5. The Morgan fingerprint density at radius 3 is 2.52 bits per heavy atom. The van der Waals surface area contributed by atoms with Crippen molar-refractivity contribution in [1.29, 1.82) is 0 Å². The lowest BCUT2D eigenvalue weighted by Gasteiger charge is -2.30. The lowest BCUT2D eigenvalue weighted by atomic mass is 9.98. The molecule has 1 atom stereocenters. The molecule has 1 aromatic carbocycles. The van der Waals surface area contributed by atoms with Crippen LogP contribution in [-0.4, -0.2) is 91.3 Å². The van der Waals surface area contributed by atoms with Gasteiger partial charge >= 0.3 is 12.6 Å². The van der Waals surface area contributed by atoms with Gasteiger partial charge in [0.1, 0.15) is 17.3 Å². The van der Waals surface area contributed by atoms with E-state index in [1.165, 1.54) is 49.2 Å². The summed E-state index contributed by atoms with van der Waals surface area (Å²) >= 11 is 0. The number of hydrogen-bond donors (Lipinski definition) is 2. The van der Waals surface area contributed by atoms with Crippen LogP contribution in [0.1, 0.15) is 30.1 Å². The number of amides is 3. The summed E-state index contributed by atoms with van der Waals surface area (Å²) in [5, 5.41) is 4.90. The van der Waals surface area contributed by atoms with E-state index in [0.29, 0.717) is 0 Å². The van der Waals surface area contributed by atoms with Crippen LogP contribution in [-0.2, 0) is 25.1 Å². The normalized spacial score (nSPS) is 14.9. The van der Waals surface area contributed by atoms with Crippen LogP contribution < -0.4 is 15.4 Å². The van der Waals surface area contributed by atoms with E-state index in [-0.39, 0.29) is 54.7 Å². The molecule has 0 saturated carbocycles. The molecule has 1 aliphatic rings. The van der Waals surface area contributed by atoms with Gasteiger partial charge in [0.05, 0.1) is 24.7 Å². The maximum Gasteiger partial charge on any atom is 0.387 e. The summed E-state index contributed by atoms with van der Waals surface area (Å²) in [6.45, 7) is 0.472. The van der Waals surface area contributed by atoms with Crippen LogP contribution in [0.4, 0.5) is 13.6 Å². The zero-order chi connectivity index (χ0) is 30.5. The Labute approximate surface area is 239 Å². The lowest BCUT2D eigenvalue weighted by molar-refractivity contribution is -0.123. The van der Waals surface area contributed by atoms with Gasteiger partial charge in [-0.25, -0.2) is 18.2 Å². The number of para-hydroxylation sites is 1. The van der Waals surface area contributed by atoms with Crippen molar-refractivity contribution < 1.29 is 45.5 Å². The van der Waals surface area contributed by atoms with E-state index in [1.807, 2.05) is 0 Å². The molecule has 2 aromatic heterocycles. The van der Waals surface area contributed by atoms with Crippen molar-refractivity contribution in [3.05, 3.63) is 54.0 Å². The van der Waals surface area contributed by atoms with E-state index in [4.69, 9.17) is 9.15 Å². The fraction of sp³-hybridized carbons (Fsp3) is 0.423. The molecule has 226 valence electrons. The molecule has 1 aliphatic heterocycles. The van der Waals surface area contributed by atoms with Crippen LogP contribution in [0, 0.1) is 0 Å². The molecule has 4 rings (SSSR count). The van der Waals surface area contributed by atoms with Crippen molar-refractivity contribution in [3.8, 4) is 5.75 Å². The molecule has 13 nitrogen and oxygen atoms in total. The number of morpholine rings is 1. The number of nitrogens with zero attached hydrogens (tertiary/aromatic N) is 3. The van der Waals surface area contributed by atoms with Gasteiger partial charge in [0.25, 0.3) is 5.89 Å². The van der Waals surface area contributed by atoms with Crippen LogP contribution in [0.3, 0.4) is 0 Å². The molecular weight excluding hydrogens is 580 g/mol. The average molecular weight is 610 g/mol. The molecule has 0 bridgehead atoms. The van der Waals surface area contributed by atoms with E-state index >= 15 is 0 Å². The number of pyridine rings is 1. The van der Waals surface area contributed by atoms with Crippen LogP contribution in [0.5, 0.6) is 5.75 Å². The number of ketones is 1. The Bertz CT molecular complexity index is 1520. The number of ether oxygens (including phenoxy) is 2. The van der Waals surface area contributed by atoms with E-state index in [2.05, 4.69) is 25.3 Å². The molecule has 3 amide bonds. The smallest absolute Gasteiger partial charge is 0.387 e. The molecule has 3 heterocycles. The minimum Gasteiger partial charge on any atom is -0.435 e. The molecule has 0 aliphatic carbocycles. The molecule has 42 heavy (non-hydrogen) atoms. The third-order valence-electron chi connectivity index (χ3n) is 6.26. The van der Waals surface area contributed by atoms with Crippen molar-refractivity contribution in [2.24, 2.45) is 0 Å². The fourth-order valence-corrected chi connectivity index (χ4v) is 5.73. The van der Waals surface area contributed by atoms with Gasteiger partial charge in [-0.1, -0.05) is 18.2 Å². The van der Waals surface area contributed by atoms with Crippen molar-refractivity contribution in [2.45, 2.75) is 37.8 Å². The van der Waals surface area contributed by atoms with Gasteiger partial charge in [-0.3, -0.25) is 9.59 Å². The number of fused-ring (bicyclic) bond motifs is 1. The number of sulfone groups is 1. The first-order valence-electron chi connectivity index (χ1n) is 12.8. The molecule has 0 unspecified atom stereocenters. The van der Waals surface area contributed by atoms with Crippen LogP contribution in [0.15, 0.2) is 47.0 Å². The summed E-state index contributed by atoms with van der Waals surface area (Å²) < 4.78 is 67.3. The van der Waals surface area contributed by atoms with Gasteiger partial charge in [-0.15, -0.1) is 0 Å². The second-order valence-electron chi connectivity index (χ2n) is 9.93. The Hall–Kier alpha value is -4.18. The molecular formula is C26H29F2N5O8S. The maximum atomic E-state index is 13.5. The molecule has 1 fully saturated rings. The quantitative estimate of drug-likeness (QED) is 0.306. The van der Waals surface area contributed by atoms with Crippen molar-refractivity contribution >= 4 is 38.8 Å². The van der Waals surface area contributed by atoms with Gasteiger partial charge in [0.15, 0.2) is 21.1 Å². The number of nitrogens with one attached hydrogen (secondary N) is 2. The highest BCUT2D eigenvalue weighted by atomic mass is 32.2. The zero-order valence-electron chi connectivity index (χ0n) is 22.7. The third kappa shape index (κ3) is 7.76. The van der Waals surface area contributed by atoms with Gasteiger partial charge in [0.2, 0.25) is 11.7 Å². The Morgan fingerprint density at radius 2 is 1.83 bits per heavy atom. The number of urea groups is 1. The summed E-state index contributed by atoms with van der Waals surface area (Å²) in [5.41, 5.74) is -1.28. The second-order valence-corrected chi connectivity index (χ2v) is 12.0. The van der Waals surface area contributed by atoms with Gasteiger partial charge in [-0.05, 0) is 32.0 Å². The summed E-state index contributed by atoms with van der Waals surface area (Å²) in [6.07, 6.45) is 1.46. The highest BCUT2D eigenvalue weighted by molar-refractivity contribution is 7.90. The topological polar surface area (TPSA) is 170 Å². The number of hydrogen-bond acceptors (Lipinski definition) is 10. The number of carbonyl (C=O) groups excluding carboxylic acids is 3. The minimum absolute atomic E-state index is 0.0588. The number of aromatic nitrogens is 2. The van der Waals surface area contributed by atoms with Crippen molar-refractivity contribution in [2.75, 3.05) is 32.1 Å². The predicted octanol–water partition coefficient (Wildman–Crippen LogP) is 1.93. The van der Waals surface area contributed by atoms with E-state index in [0.717, 1.165) is 0 Å². The van der Waals surface area contributed by atoms with Crippen molar-refractivity contribution in [3.63, 3.8) is 0 Å². The van der Waals surface area contributed by atoms with Gasteiger partial charge < -0.3 is 29.4 Å². The molecule has 0 radical (unpaired) electrons. The van der Waals surface area contributed by atoms with Crippen LogP contribution in [0.2, 0.25) is 0 Å². The zero-order valence-corrected chi connectivity index (χ0v) is 23.5. The first-order chi connectivity index (χ1) is 19.8. The molecule has 1 saturated heterocycles. The highest BCUT2D eigenvalue weighted by Gasteiger charge is 2.38. The summed E-state index contributed by atoms with van der Waals surface area (Å²) in [4.78, 5) is 49.0. The fourth-order valence-electron chi connectivity index (χ4n) is 4.16. The number of carbonyl (C=O) groups is 3. The van der Waals surface area contributed by atoms with Crippen LogP contribution in [0.25, 0.3) is 11.2 Å². The minimum atomic E-state index is -4.23. The number of oxazole rings is 1. The van der Waals surface area contributed by atoms with Gasteiger partial charge in [-0.2, -0.15) is 13.8 Å². The number of benzene rings is 1. The molecule has 2 N–H and O–H groups in total. The first-order valence-corrected chi connectivity index (χ1v) is 14.6. The first kappa shape index (κ1) is 30.8.